The van der Waals surface area contributed by atoms with Gasteiger partial charge in [-0.15, -0.1) is 0 Å². The van der Waals surface area contributed by atoms with Crippen molar-refractivity contribution >= 4 is 23.5 Å². The van der Waals surface area contributed by atoms with E-state index < -0.39 is 11.7 Å². The van der Waals surface area contributed by atoms with Gasteiger partial charge in [-0.3, -0.25) is 4.79 Å². The lowest BCUT2D eigenvalue weighted by atomic mass is 10.1. The summed E-state index contributed by atoms with van der Waals surface area (Å²) in [6.45, 7) is 0. The number of rotatable bonds is 3. The molecule has 0 fully saturated rings. The van der Waals surface area contributed by atoms with Crippen LogP contribution < -0.4 is 11.5 Å². The molecule has 1 amide bonds. The van der Waals surface area contributed by atoms with E-state index in [1.165, 1.54) is 24.4 Å². The second kappa shape index (κ2) is 5.69. The summed E-state index contributed by atoms with van der Waals surface area (Å²) >= 11 is 5.80. The number of halogens is 2. The number of nitrogens with zero attached hydrogens (tertiary/aromatic N) is 2. The fraction of sp³-hybridized carbons (Fsp3) is 0. The van der Waals surface area contributed by atoms with Crippen LogP contribution in [0.1, 0.15) is 10.4 Å². The number of hydrogen-bond donors (Lipinski definition) is 3. The summed E-state index contributed by atoms with van der Waals surface area (Å²) in [5, 5.41) is -0.0552. The van der Waals surface area contributed by atoms with Crippen LogP contribution >= 0.6 is 11.6 Å². The van der Waals surface area contributed by atoms with Gasteiger partial charge in [-0.05, 0) is 24.3 Å². The van der Waals surface area contributed by atoms with Crippen molar-refractivity contribution in [1.29, 1.82) is 0 Å². The number of carbonyl (C=O) groups is 1. The fourth-order valence-corrected chi connectivity index (χ4v) is 2.39. The van der Waals surface area contributed by atoms with Gasteiger partial charge < -0.3 is 16.5 Å². The van der Waals surface area contributed by atoms with Gasteiger partial charge in [0.2, 0.25) is 5.95 Å². The first-order chi connectivity index (χ1) is 11.0. The predicted molar refractivity (Wildman–Crippen MR) is 85.2 cm³/mol. The van der Waals surface area contributed by atoms with Gasteiger partial charge in [0, 0.05) is 11.8 Å². The number of aromatic amines is 1. The molecule has 8 heteroatoms. The Morgan fingerprint density at radius 2 is 2.09 bits per heavy atom. The highest BCUT2D eigenvalue weighted by Gasteiger charge is 2.19. The van der Waals surface area contributed by atoms with Gasteiger partial charge >= 0.3 is 0 Å². The average Bonchev–Trinajstić information content (AvgIpc) is 2.95. The van der Waals surface area contributed by atoms with Crippen LogP contribution in [0.3, 0.4) is 0 Å². The molecule has 3 aromatic rings. The molecule has 0 aliphatic heterocycles. The topological polar surface area (TPSA) is 111 Å². The summed E-state index contributed by atoms with van der Waals surface area (Å²) in [6, 6.07) is 7.58. The van der Waals surface area contributed by atoms with Gasteiger partial charge in [-0.25, -0.2) is 14.4 Å². The molecule has 0 saturated carbocycles. The van der Waals surface area contributed by atoms with Crippen molar-refractivity contribution < 1.29 is 9.18 Å². The number of amides is 1. The van der Waals surface area contributed by atoms with Crippen molar-refractivity contribution in [3.05, 3.63) is 52.9 Å². The van der Waals surface area contributed by atoms with Gasteiger partial charge in [0.15, 0.2) is 5.82 Å². The first-order valence-electron chi connectivity index (χ1n) is 6.53. The summed E-state index contributed by atoms with van der Waals surface area (Å²) < 4.78 is 14.3. The molecule has 5 N–H and O–H groups in total. The molecule has 0 aliphatic rings. The average molecular weight is 332 g/mol. The second-order valence-electron chi connectivity index (χ2n) is 4.74. The molecule has 0 radical (unpaired) electrons. The van der Waals surface area contributed by atoms with E-state index in [9.17, 15) is 9.18 Å². The zero-order valence-electron chi connectivity index (χ0n) is 11.7. The smallest absolute Gasteiger partial charge is 0.250 e. The summed E-state index contributed by atoms with van der Waals surface area (Å²) in [6.07, 6.45) is 1.47. The van der Waals surface area contributed by atoms with Crippen LogP contribution in [0.5, 0.6) is 0 Å². The van der Waals surface area contributed by atoms with E-state index in [1.54, 1.807) is 12.1 Å². The number of aromatic nitrogens is 3. The largest absolute Gasteiger partial charge is 0.368 e. The molecule has 23 heavy (non-hydrogen) atoms. The first kappa shape index (κ1) is 15.0. The summed E-state index contributed by atoms with van der Waals surface area (Å²) in [4.78, 5) is 22.5. The number of anilines is 1. The molecule has 0 saturated heterocycles. The van der Waals surface area contributed by atoms with E-state index in [-0.39, 0.29) is 27.8 Å². The molecule has 3 rings (SSSR count). The molecule has 6 nitrogen and oxygen atoms in total. The highest BCUT2D eigenvalue weighted by molar-refractivity contribution is 6.31. The lowest BCUT2D eigenvalue weighted by Gasteiger charge is -2.04. The van der Waals surface area contributed by atoms with Crippen LogP contribution in [-0.4, -0.2) is 20.9 Å². The van der Waals surface area contributed by atoms with Crippen LogP contribution in [0.15, 0.2) is 36.5 Å². The third-order valence-electron chi connectivity index (χ3n) is 3.25. The minimum Gasteiger partial charge on any atom is -0.368 e. The third-order valence-corrected chi connectivity index (χ3v) is 3.55. The van der Waals surface area contributed by atoms with E-state index in [0.29, 0.717) is 11.4 Å². The van der Waals surface area contributed by atoms with Crippen molar-refractivity contribution in [2.75, 3.05) is 5.73 Å². The molecule has 2 aromatic heterocycles. The summed E-state index contributed by atoms with van der Waals surface area (Å²) in [7, 11) is 0. The maximum Gasteiger partial charge on any atom is 0.250 e. The van der Waals surface area contributed by atoms with E-state index in [1.807, 2.05) is 0 Å². The van der Waals surface area contributed by atoms with E-state index in [2.05, 4.69) is 15.0 Å². The van der Waals surface area contributed by atoms with Crippen molar-refractivity contribution in [1.82, 2.24) is 15.0 Å². The van der Waals surface area contributed by atoms with E-state index in [4.69, 9.17) is 23.1 Å². The Bertz CT molecular complexity index is 909. The highest BCUT2D eigenvalue weighted by atomic mass is 35.5. The lowest BCUT2D eigenvalue weighted by molar-refractivity contribution is 0.100. The molecule has 0 atom stereocenters. The Morgan fingerprint density at radius 1 is 1.30 bits per heavy atom. The zero-order valence-corrected chi connectivity index (χ0v) is 12.4. The van der Waals surface area contributed by atoms with Crippen LogP contribution in [0, 0.1) is 5.82 Å². The molecule has 116 valence electrons. The molecule has 2 heterocycles. The normalized spacial score (nSPS) is 10.7. The van der Waals surface area contributed by atoms with Gasteiger partial charge in [-0.1, -0.05) is 17.7 Å². The number of H-pyrrole nitrogens is 1. The number of nitrogen functional groups attached to an aromatic ring is 1. The third kappa shape index (κ3) is 2.74. The molecule has 0 unspecified atom stereocenters. The quantitative estimate of drug-likeness (QED) is 0.685. The Hall–Kier alpha value is -2.93. The number of nitrogens with two attached hydrogens (primary N) is 2. The van der Waals surface area contributed by atoms with Gasteiger partial charge in [-0.2, -0.15) is 0 Å². The number of nitrogens with one attached hydrogen (secondary N) is 1. The molecule has 0 aliphatic carbocycles. The number of carbonyl (C=O) groups excluding carboxylic acids is 1. The Balaban J connectivity index is 2.21. The highest BCUT2D eigenvalue weighted by Crippen LogP contribution is 2.32. The molecular formula is C15H11ClFN5O. The molecular weight excluding hydrogens is 321 g/mol. The minimum atomic E-state index is -0.705. The molecule has 1 aromatic carbocycles. The van der Waals surface area contributed by atoms with Crippen molar-refractivity contribution in [3.63, 3.8) is 0 Å². The Labute approximate surface area is 135 Å². The van der Waals surface area contributed by atoms with Gasteiger partial charge in [0.1, 0.15) is 0 Å². The lowest BCUT2D eigenvalue weighted by Crippen LogP contribution is -2.11. The predicted octanol–water partition coefficient (Wildman–Crippen LogP) is 2.61. The summed E-state index contributed by atoms with van der Waals surface area (Å²) in [5.74, 6) is -1.27. The first-order valence-corrected chi connectivity index (χ1v) is 6.91. The van der Waals surface area contributed by atoms with Crippen molar-refractivity contribution in [2.24, 2.45) is 5.73 Å². The maximum absolute atomic E-state index is 14.3. The number of benzene rings is 1. The summed E-state index contributed by atoms with van der Waals surface area (Å²) in [5.41, 5.74) is 12.3. The van der Waals surface area contributed by atoms with Gasteiger partial charge in [0.25, 0.3) is 5.91 Å². The zero-order chi connectivity index (χ0) is 16.6. The van der Waals surface area contributed by atoms with Crippen LogP contribution in [0.4, 0.5) is 10.3 Å². The van der Waals surface area contributed by atoms with E-state index >= 15 is 0 Å². The van der Waals surface area contributed by atoms with E-state index in [0.717, 1.165) is 0 Å². The minimum absolute atomic E-state index is 0.0552. The van der Waals surface area contributed by atoms with Crippen molar-refractivity contribution in [3.8, 4) is 22.6 Å². The second-order valence-corrected chi connectivity index (χ2v) is 5.14. The molecule has 0 spiro atoms. The SMILES string of the molecule is NC(=O)c1cc(-c2ccnc(N)n2)[nH]c1-c1cccc(Cl)c1F. The maximum atomic E-state index is 14.3. The van der Waals surface area contributed by atoms with Crippen molar-refractivity contribution in [2.45, 2.75) is 0 Å². The Morgan fingerprint density at radius 3 is 2.78 bits per heavy atom. The molecule has 0 bridgehead atoms. The van der Waals surface area contributed by atoms with Gasteiger partial charge in [0.05, 0.1) is 27.7 Å². The number of primary amides is 1. The van der Waals surface area contributed by atoms with Crippen LogP contribution in [0.2, 0.25) is 5.02 Å². The fourth-order valence-electron chi connectivity index (χ4n) is 2.22. The van der Waals surface area contributed by atoms with Crippen LogP contribution in [-0.2, 0) is 0 Å². The number of hydrogen-bond acceptors (Lipinski definition) is 4. The van der Waals surface area contributed by atoms with Crippen LogP contribution in [0.25, 0.3) is 22.6 Å². The standard InChI is InChI=1S/C15H11ClFN5O/c16-9-3-1-2-7(12(9)17)13-8(14(18)23)6-11(21-13)10-4-5-20-15(19)22-10/h1-6,21H,(H2,18,23)(H2,19,20,22). The Kier molecular flexibility index (Phi) is 3.71. The monoisotopic (exact) mass is 331 g/mol.